The van der Waals surface area contributed by atoms with Crippen LogP contribution in [0.3, 0.4) is 0 Å². The van der Waals surface area contributed by atoms with Crippen LogP contribution in [0.2, 0.25) is 0 Å². The van der Waals surface area contributed by atoms with Gasteiger partial charge in [0.05, 0.1) is 6.04 Å². The number of rotatable bonds is 14. The van der Waals surface area contributed by atoms with Gasteiger partial charge in [0.2, 0.25) is 17.7 Å². The van der Waals surface area contributed by atoms with Crippen LogP contribution in [0.5, 0.6) is 0 Å². The molecule has 0 heterocycles. The number of carbonyl (C=O) groups excluding carboxylic acids is 3. The molecule has 10 N–H and O–H groups in total. The van der Waals surface area contributed by atoms with E-state index in [1.165, 1.54) is 6.92 Å². The molecule has 1 aromatic carbocycles. The third-order valence-corrected chi connectivity index (χ3v) is 5.19. The number of carboxylic acid groups (broad SMARTS) is 1. The fraction of sp³-hybridized carbons (Fsp3) is 0.522. The number of nitrogens with zero attached hydrogens (tertiary/aromatic N) is 1. The van der Waals surface area contributed by atoms with Crippen LogP contribution in [0.1, 0.15) is 39.2 Å². The van der Waals surface area contributed by atoms with Gasteiger partial charge in [0, 0.05) is 6.54 Å². The molecule has 194 valence electrons. The molecule has 0 aliphatic rings. The highest BCUT2D eigenvalue weighted by Gasteiger charge is 2.30. The Morgan fingerprint density at radius 1 is 0.943 bits per heavy atom. The van der Waals surface area contributed by atoms with Crippen LogP contribution in [0.4, 0.5) is 0 Å². The minimum atomic E-state index is -1.20. The summed E-state index contributed by atoms with van der Waals surface area (Å²) in [6.07, 6.45) is 0.836. The second-order valence-electron chi connectivity index (χ2n) is 8.60. The fourth-order valence-corrected chi connectivity index (χ4v) is 3.17. The lowest BCUT2D eigenvalue weighted by molar-refractivity contribution is -0.142. The zero-order valence-corrected chi connectivity index (χ0v) is 20.4. The summed E-state index contributed by atoms with van der Waals surface area (Å²) in [5, 5.41) is 16.7. The maximum absolute atomic E-state index is 13.1. The van der Waals surface area contributed by atoms with Gasteiger partial charge in [-0.2, -0.15) is 0 Å². The van der Waals surface area contributed by atoms with Crippen LogP contribution in [0.15, 0.2) is 35.3 Å². The van der Waals surface area contributed by atoms with Gasteiger partial charge in [-0.3, -0.25) is 24.2 Å². The Hall–Kier alpha value is -3.67. The standard InChI is InChI=1S/C23H37N7O5/c1-13(2)18(21(33)28-14(3)22(34)35)30-20(32)17(10-7-11-27-23(25)26)29-19(31)16(24)12-15-8-5-4-6-9-15/h4-6,8-9,13-14,16-18H,7,10-12,24H2,1-3H3,(H,28,33)(H,29,31)(H,30,32)(H,34,35)(H4,25,26,27). The predicted octanol–water partition coefficient (Wildman–Crippen LogP) is -1.18. The normalized spacial score (nSPS) is 14.2. The molecular formula is C23H37N7O5. The number of carbonyl (C=O) groups is 4. The number of guanidine groups is 1. The van der Waals surface area contributed by atoms with E-state index in [2.05, 4.69) is 20.9 Å². The summed E-state index contributed by atoms with van der Waals surface area (Å²) in [5.41, 5.74) is 17.6. The highest BCUT2D eigenvalue weighted by Crippen LogP contribution is 2.07. The van der Waals surface area contributed by atoms with E-state index in [9.17, 15) is 19.2 Å². The van der Waals surface area contributed by atoms with Gasteiger partial charge in [0.1, 0.15) is 18.1 Å². The molecule has 1 aromatic rings. The number of amides is 3. The lowest BCUT2D eigenvalue weighted by Gasteiger charge is -2.26. The molecule has 0 saturated heterocycles. The Kier molecular flexibility index (Phi) is 12.2. The van der Waals surface area contributed by atoms with Crippen LogP contribution < -0.4 is 33.2 Å². The number of benzene rings is 1. The lowest BCUT2D eigenvalue weighted by Crippen LogP contribution is -2.58. The Bertz CT molecular complexity index is 888. The van der Waals surface area contributed by atoms with Crippen molar-refractivity contribution in [2.24, 2.45) is 28.1 Å². The van der Waals surface area contributed by atoms with Gasteiger partial charge in [-0.05, 0) is 37.7 Å². The molecule has 1 rings (SSSR count). The second-order valence-corrected chi connectivity index (χ2v) is 8.60. The highest BCUT2D eigenvalue weighted by atomic mass is 16.4. The van der Waals surface area contributed by atoms with Gasteiger partial charge < -0.3 is 38.3 Å². The van der Waals surface area contributed by atoms with Crippen LogP contribution in [0, 0.1) is 5.92 Å². The zero-order chi connectivity index (χ0) is 26.5. The van der Waals surface area contributed by atoms with E-state index in [-0.39, 0.29) is 31.3 Å². The zero-order valence-electron chi connectivity index (χ0n) is 20.4. The van der Waals surface area contributed by atoms with E-state index in [4.69, 9.17) is 22.3 Å². The summed E-state index contributed by atoms with van der Waals surface area (Å²) in [5.74, 6) is -3.42. The summed E-state index contributed by atoms with van der Waals surface area (Å²) < 4.78 is 0. The number of nitrogens with one attached hydrogen (secondary N) is 3. The minimum absolute atomic E-state index is 0.0935. The molecule has 3 amide bonds. The van der Waals surface area contributed by atoms with Gasteiger partial charge in [-0.1, -0.05) is 44.2 Å². The summed E-state index contributed by atoms with van der Waals surface area (Å²) >= 11 is 0. The molecule has 35 heavy (non-hydrogen) atoms. The number of aliphatic carboxylic acids is 1. The van der Waals surface area contributed by atoms with E-state index in [0.29, 0.717) is 6.42 Å². The van der Waals surface area contributed by atoms with E-state index in [1.807, 2.05) is 30.3 Å². The predicted molar refractivity (Wildman–Crippen MR) is 132 cm³/mol. The van der Waals surface area contributed by atoms with Gasteiger partial charge in [0.15, 0.2) is 5.96 Å². The second kappa shape index (κ2) is 14.6. The Balaban J connectivity index is 2.93. The molecule has 4 atom stereocenters. The van der Waals surface area contributed by atoms with Crippen molar-refractivity contribution < 1.29 is 24.3 Å². The van der Waals surface area contributed by atoms with Crippen molar-refractivity contribution in [1.82, 2.24) is 16.0 Å². The van der Waals surface area contributed by atoms with E-state index < -0.39 is 47.9 Å². The van der Waals surface area contributed by atoms with Crippen LogP contribution in [-0.4, -0.2) is 65.5 Å². The monoisotopic (exact) mass is 491 g/mol. The summed E-state index contributed by atoms with van der Waals surface area (Å²) in [7, 11) is 0. The smallest absolute Gasteiger partial charge is 0.325 e. The minimum Gasteiger partial charge on any atom is -0.480 e. The van der Waals surface area contributed by atoms with E-state index in [1.54, 1.807) is 13.8 Å². The Morgan fingerprint density at radius 3 is 2.11 bits per heavy atom. The molecule has 0 aromatic heterocycles. The molecule has 0 fully saturated rings. The molecule has 0 saturated carbocycles. The number of carboxylic acids is 1. The van der Waals surface area contributed by atoms with Crippen molar-refractivity contribution in [3.05, 3.63) is 35.9 Å². The van der Waals surface area contributed by atoms with E-state index >= 15 is 0 Å². The molecule has 12 heteroatoms. The molecule has 4 unspecified atom stereocenters. The largest absolute Gasteiger partial charge is 0.480 e. The van der Waals surface area contributed by atoms with Crippen LogP contribution in [-0.2, 0) is 25.6 Å². The number of aliphatic imine (C=N–C) groups is 1. The first-order chi connectivity index (χ1) is 16.4. The number of hydrogen-bond donors (Lipinski definition) is 7. The quantitative estimate of drug-likeness (QED) is 0.0953. The Morgan fingerprint density at radius 2 is 1.57 bits per heavy atom. The maximum Gasteiger partial charge on any atom is 0.325 e. The molecule has 0 bridgehead atoms. The van der Waals surface area contributed by atoms with Crippen molar-refractivity contribution in [2.45, 2.75) is 64.2 Å². The SMILES string of the molecule is CC(NC(=O)C(NC(=O)C(CCCN=C(N)N)NC(=O)C(N)Cc1ccccc1)C(C)C)C(=O)O. The van der Waals surface area contributed by atoms with Crippen molar-refractivity contribution in [3.63, 3.8) is 0 Å². The van der Waals surface area contributed by atoms with Gasteiger partial charge in [0.25, 0.3) is 0 Å². The summed E-state index contributed by atoms with van der Waals surface area (Å²) in [6.45, 7) is 4.97. The first-order valence-corrected chi connectivity index (χ1v) is 11.4. The van der Waals surface area contributed by atoms with Crippen LogP contribution >= 0.6 is 0 Å². The van der Waals surface area contributed by atoms with Crippen molar-refractivity contribution >= 4 is 29.7 Å². The Labute approximate surface area is 205 Å². The topological polar surface area (TPSA) is 215 Å². The van der Waals surface area contributed by atoms with Gasteiger partial charge >= 0.3 is 5.97 Å². The van der Waals surface area contributed by atoms with E-state index in [0.717, 1.165) is 5.56 Å². The van der Waals surface area contributed by atoms with Crippen molar-refractivity contribution in [3.8, 4) is 0 Å². The molecule has 0 aliphatic carbocycles. The molecule has 0 radical (unpaired) electrons. The number of hydrogen-bond acceptors (Lipinski definition) is 6. The summed E-state index contributed by atoms with van der Waals surface area (Å²) in [6, 6.07) is 5.16. The maximum atomic E-state index is 13.1. The lowest BCUT2D eigenvalue weighted by atomic mass is 10.0. The van der Waals surface area contributed by atoms with Gasteiger partial charge in [-0.15, -0.1) is 0 Å². The molecule has 0 spiro atoms. The number of nitrogens with two attached hydrogens (primary N) is 3. The fourth-order valence-electron chi connectivity index (χ4n) is 3.17. The summed E-state index contributed by atoms with van der Waals surface area (Å²) in [4.78, 5) is 53.4. The highest BCUT2D eigenvalue weighted by molar-refractivity contribution is 5.94. The molecular weight excluding hydrogens is 454 g/mol. The van der Waals surface area contributed by atoms with Crippen LogP contribution in [0.25, 0.3) is 0 Å². The third kappa shape index (κ3) is 10.9. The first-order valence-electron chi connectivity index (χ1n) is 11.4. The average molecular weight is 492 g/mol. The third-order valence-electron chi connectivity index (χ3n) is 5.19. The average Bonchev–Trinajstić information content (AvgIpc) is 2.79. The van der Waals surface area contributed by atoms with Gasteiger partial charge in [-0.25, -0.2) is 0 Å². The first kappa shape index (κ1) is 29.4. The molecule has 12 nitrogen and oxygen atoms in total. The van der Waals surface area contributed by atoms with Crippen molar-refractivity contribution in [1.29, 1.82) is 0 Å². The molecule has 0 aliphatic heterocycles. The van der Waals surface area contributed by atoms with Crippen molar-refractivity contribution in [2.75, 3.05) is 6.54 Å².